The minimum absolute atomic E-state index is 0.112. The summed E-state index contributed by atoms with van der Waals surface area (Å²) in [5.41, 5.74) is 0.362. The summed E-state index contributed by atoms with van der Waals surface area (Å²) in [6.07, 6.45) is 1.52. The van der Waals surface area contributed by atoms with Gasteiger partial charge in [-0.25, -0.2) is 5.10 Å². The van der Waals surface area contributed by atoms with Crippen molar-refractivity contribution in [3.63, 3.8) is 0 Å². The lowest BCUT2D eigenvalue weighted by Crippen LogP contribution is -2.17. The number of H-pyrrole nitrogens is 1. The molecule has 78 valence electrons. The van der Waals surface area contributed by atoms with E-state index in [1.165, 1.54) is 6.20 Å². The van der Waals surface area contributed by atoms with Gasteiger partial charge in [0.2, 0.25) is 0 Å². The van der Waals surface area contributed by atoms with Crippen LogP contribution in [0.3, 0.4) is 0 Å². The molecule has 1 aromatic rings. The molecule has 0 amide bonds. The van der Waals surface area contributed by atoms with Gasteiger partial charge >= 0.3 is 0 Å². The Morgan fingerprint density at radius 3 is 3.14 bits per heavy atom. The molecule has 0 saturated heterocycles. The summed E-state index contributed by atoms with van der Waals surface area (Å²) >= 11 is 3.14. The molecule has 1 rings (SSSR count). The zero-order valence-electron chi connectivity index (χ0n) is 7.75. The number of aromatic amines is 1. The Morgan fingerprint density at radius 1 is 1.79 bits per heavy atom. The molecule has 0 radical (unpaired) electrons. The molecule has 1 atom stereocenters. The third-order valence-corrected chi connectivity index (χ3v) is 2.54. The maximum absolute atomic E-state index is 11.1. The topological polar surface area (TPSA) is 78.0 Å². The van der Waals surface area contributed by atoms with E-state index in [9.17, 15) is 4.79 Å². The Labute approximate surface area is 89.7 Å². The third kappa shape index (κ3) is 2.81. The summed E-state index contributed by atoms with van der Waals surface area (Å²) in [7, 11) is 0. The van der Waals surface area contributed by atoms with Crippen LogP contribution in [0.15, 0.2) is 15.5 Å². The molecular weight excluding hydrogens is 250 g/mol. The monoisotopic (exact) mass is 261 g/mol. The van der Waals surface area contributed by atoms with E-state index in [2.05, 4.69) is 31.4 Å². The predicted molar refractivity (Wildman–Crippen MR) is 57.3 cm³/mol. The Balaban J connectivity index is 2.68. The number of nitrogens with one attached hydrogen (secondary N) is 2. The SMILES string of the molecule is CC(CO)CNc1cn[nH]c(=O)c1Br. The summed E-state index contributed by atoms with van der Waals surface area (Å²) in [5.74, 6) is 0.140. The van der Waals surface area contributed by atoms with E-state index in [0.717, 1.165) is 0 Å². The number of hydrogen-bond acceptors (Lipinski definition) is 4. The molecule has 14 heavy (non-hydrogen) atoms. The van der Waals surface area contributed by atoms with Crippen LogP contribution in [0.25, 0.3) is 0 Å². The molecule has 0 bridgehead atoms. The van der Waals surface area contributed by atoms with Crippen molar-refractivity contribution in [2.45, 2.75) is 6.92 Å². The molecule has 5 nitrogen and oxygen atoms in total. The first-order valence-electron chi connectivity index (χ1n) is 4.23. The molecule has 0 aromatic carbocycles. The van der Waals surface area contributed by atoms with E-state index < -0.39 is 0 Å². The van der Waals surface area contributed by atoms with Crippen molar-refractivity contribution in [3.05, 3.63) is 21.0 Å². The lowest BCUT2D eigenvalue weighted by molar-refractivity contribution is 0.244. The lowest BCUT2D eigenvalue weighted by atomic mass is 10.2. The second-order valence-electron chi connectivity index (χ2n) is 3.10. The van der Waals surface area contributed by atoms with Crippen LogP contribution in [0.1, 0.15) is 6.92 Å². The molecule has 0 aliphatic rings. The molecule has 0 aliphatic carbocycles. The molecule has 0 aliphatic heterocycles. The fraction of sp³-hybridized carbons (Fsp3) is 0.500. The summed E-state index contributed by atoms with van der Waals surface area (Å²) in [4.78, 5) is 11.1. The molecule has 0 saturated carbocycles. The van der Waals surface area contributed by atoms with Crippen LogP contribution in [-0.4, -0.2) is 28.5 Å². The first-order chi connectivity index (χ1) is 6.65. The fourth-order valence-electron chi connectivity index (χ4n) is 0.855. The summed E-state index contributed by atoms with van der Waals surface area (Å²) < 4.78 is 0.428. The Bertz CT molecular complexity index is 353. The van der Waals surface area contributed by atoms with Crippen molar-refractivity contribution < 1.29 is 5.11 Å². The average molecular weight is 262 g/mol. The summed E-state index contributed by atoms with van der Waals surface area (Å²) in [6, 6.07) is 0. The molecule has 0 fully saturated rings. The number of aromatic nitrogens is 2. The van der Waals surface area contributed by atoms with Crippen LogP contribution in [-0.2, 0) is 0 Å². The quantitative estimate of drug-likeness (QED) is 0.741. The van der Waals surface area contributed by atoms with Crippen LogP contribution in [0, 0.1) is 5.92 Å². The Hall–Kier alpha value is -0.880. The number of rotatable bonds is 4. The number of nitrogens with zero attached hydrogens (tertiary/aromatic N) is 1. The lowest BCUT2D eigenvalue weighted by Gasteiger charge is -2.10. The number of anilines is 1. The predicted octanol–water partition coefficient (Wildman–Crippen LogP) is 0.573. The van der Waals surface area contributed by atoms with Crippen LogP contribution in [0.2, 0.25) is 0 Å². The molecular formula is C8H12BrN3O2. The zero-order chi connectivity index (χ0) is 10.6. The highest BCUT2D eigenvalue weighted by atomic mass is 79.9. The Kier molecular flexibility index (Phi) is 4.09. The minimum atomic E-state index is -0.272. The second kappa shape index (κ2) is 5.11. The molecule has 0 spiro atoms. The van der Waals surface area contributed by atoms with Crippen molar-refractivity contribution in [2.75, 3.05) is 18.5 Å². The highest BCUT2D eigenvalue weighted by Gasteiger charge is 2.05. The minimum Gasteiger partial charge on any atom is -0.396 e. The van der Waals surface area contributed by atoms with Gasteiger partial charge in [0, 0.05) is 13.2 Å². The zero-order valence-corrected chi connectivity index (χ0v) is 9.34. The Morgan fingerprint density at radius 2 is 2.50 bits per heavy atom. The fourth-order valence-corrected chi connectivity index (χ4v) is 1.19. The largest absolute Gasteiger partial charge is 0.396 e. The van der Waals surface area contributed by atoms with Crippen LogP contribution < -0.4 is 10.9 Å². The van der Waals surface area contributed by atoms with Crippen molar-refractivity contribution in [2.24, 2.45) is 5.92 Å². The first kappa shape index (κ1) is 11.2. The number of halogens is 1. The summed E-state index contributed by atoms with van der Waals surface area (Å²) in [6.45, 7) is 2.61. The van der Waals surface area contributed by atoms with E-state index in [-0.39, 0.29) is 18.1 Å². The van der Waals surface area contributed by atoms with Crippen molar-refractivity contribution in [1.82, 2.24) is 10.2 Å². The van der Waals surface area contributed by atoms with Gasteiger partial charge in [0.25, 0.3) is 5.56 Å². The maximum Gasteiger partial charge on any atom is 0.280 e. The first-order valence-corrected chi connectivity index (χ1v) is 5.02. The van der Waals surface area contributed by atoms with Gasteiger partial charge in [0.05, 0.1) is 11.9 Å². The van der Waals surface area contributed by atoms with Gasteiger partial charge in [-0.1, -0.05) is 6.92 Å². The standard InChI is InChI=1S/C8H12BrN3O2/c1-5(4-13)2-10-6-3-11-12-8(14)7(6)9/h3,5,13H,2,4H2,1H3,(H2,10,12,14). The normalized spacial score (nSPS) is 12.5. The smallest absolute Gasteiger partial charge is 0.280 e. The van der Waals surface area contributed by atoms with Crippen molar-refractivity contribution in [3.8, 4) is 0 Å². The van der Waals surface area contributed by atoms with Gasteiger partial charge in [-0.15, -0.1) is 0 Å². The highest BCUT2D eigenvalue weighted by Crippen LogP contribution is 2.15. The number of aliphatic hydroxyl groups excluding tert-OH is 1. The van der Waals surface area contributed by atoms with E-state index in [1.54, 1.807) is 0 Å². The van der Waals surface area contributed by atoms with Crippen molar-refractivity contribution >= 4 is 21.6 Å². The summed E-state index contributed by atoms with van der Waals surface area (Å²) in [5, 5.41) is 17.8. The van der Waals surface area contributed by atoms with Gasteiger partial charge in [0.15, 0.2) is 0 Å². The number of aliphatic hydroxyl groups is 1. The van der Waals surface area contributed by atoms with Gasteiger partial charge in [0.1, 0.15) is 4.47 Å². The van der Waals surface area contributed by atoms with Gasteiger partial charge in [-0.3, -0.25) is 4.79 Å². The van der Waals surface area contributed by atoms with Crippen LogP contribution in [0.5, 0.6) is 0 Å². The van der Waals surface area contributed by atoms with Gasteiger partial charge in [-0.05, 0) is 21.8 Å². The molecule has 6 heteroatoms. The van der Waals surface area contributed by atoms with Gasteiger partial charge in [-0.2, -0.15) is 5.10 Å². The van der Waals surface area contributed by atoms with E-state index in [0.29, 0.717) is 16.7 Å². The van der Waals surface area contributed by atoms with E-state index in [4.69, 9.17) is 5.11 Å². The highest BCUT2D eigenvalue weighted by molar-refractivity contribution is 9.10. The number of hydrogen-bond donors (Lipinski definition) is 3. The molecule has 1 heterocycles. The van der Waals surface area contributed by atoms with E-state index >= 15 is 0 Å². The van der Waals surface area contributed by atoms with Gasteiger partial charge < -0.3 is 10.4 Å². The van der Waals surface area contributed by atoms with Crippen molar-refractivity contribution in [1.29, 1.82) is 0 Å². The molecule has 3 N–H and O–H groups in total. The van der Waals surface area contributed by atoms with E-state index in [1.807, 2.05) is 6.92 Å². The molecule has 1 aromatic heterocycles. The average Bonchev–Trinajstić information content (AvgIpc) is 2.20. The van der Waals surface area contributed by atoms with Crippen LogP contribution in [0.4, 0.5) is 5.69 Å². The second-order valence-corrected chi connectivity index (χ2v) is 3.89. The van der Waals surface area contributed by atoms with Crippen LogP contribution >= 0.6 is 15.9 Å². The maximum atomic E-state index is 11.1. The molecule has 1 unspecified atom stereocenters. The third-order valence-electron chi connectivity index (χ3n) is 1.75.